The number of rotatable bonds is 9. The maximum absolute atomic E-state index is 10.6. The van der Waals surface area contributed by atoms with E-state index in [9.17, 15) is 4.79 Å². The highest BCUT2D eigenvalue weighted by Crippen LogP contribution is 2.16. The molecular weight excluding hydrogens is 280 g/mol. The summed E-state index contributed by atoms with van der Waals surface area (Å²) in [5.41, 5.74) is 0. The first-order chi connectivity index (χ1) is 10.7. The van der Waals surface area contributed by atoms with Gasteiger partial charge in [-0.25, -0.2) is 0 Å². The number of carbonyl (C=O) groups is 1. The number of ether oxygens (including phenoxy) is 2. The van der Waals surface area contributed by atoms with E-state index in [1.165, 1.54) is 0 Å². The van der Waals surface area contributed by atoms with Crippen LogP contribution in [-0.2, 0) is 4.79 Å². The Hall–Kier alpha value is -2.49. The van der Waals surface area contributed by atoms with Crippen LogP contribution in [0.2, 0.25) is 0 Å². The second-order valence-electron chi connectivity index (χ2n) is 4.96. The number of hydrogen-bond acceptors (Lipinski definition) is 3. The summed E-state index contributed by atoms with van der Waals surface area (Å²) in [4.78, 5) is 10.6. The highest BCUT2D eigenvalue weighted by Gasteiger charge is 2.13. The third-order valence-corrected chi connectivity index (χ3v) is 3.14. The third-order valence-electron chi connectivity index (χ3n) is 3.14. The van der Waals surface area contributed by atoms with Gasteiger partial charge in [0.15, 0.2) is 0 Å². The molecule has 0 spiro atoms. The van der Waals surface area contributed by atoms with Crippen molar-refractivity contribution < 1.29 is 19.4 Å². The van der Waals surface area contributed by atoms with Gasteiger partial charge in [0.05, 0.1) is 0 Å². The van der Waals surface area contributed by atoms with Crippen molar-refractivity contribution in [2.45, 2.75) is 25.4 Å². The van der Waals surface area contributed by atoms with Gasteiger partial charge in [-0.15, -0.1) is 0 Å². The second-order valence-corrected chi connectivity index (χ2v) is 4.96. The molecule has 2 aromatic rings. The van der Waals surface area contributed by atoms with Gasteiger partial charge in [0, 0.05) is 6.42 Å². The number of hydrogen-bond donors (Lipinski definition) is 1. The summed E-state index contributed by atoms with van der Waals surface area (Å²) in [5.74, 6) is 0.754. The van der Waals surface area contributed by atoms with E-state index in [4.69, 9.17) is 14.6 Å². The lowest BCUT2D eigenvalue weighted by atomic mass is 10.1. The number of para-hydroxylation sites is 2. The fraction of sp³-hybridized carbons (Fsp3) is 0.278. The summed E-state index contributed by atoms with van der Waals surface area (Å²) in [6, 6.07) is 19.0. The summed E-state index contributed by atoms with van der Waals surface area (Å²) in [6.07, 6.45) is 1.15. The summed E-state index contributed by atoms with van der Waals surface area (Å²) in [6.45, 7) is 0.387. The monoisotopic (exact) mass is 300 g/mol. The van der Waals surface area contributed by atoms with Crippen LogP contribution < -0.4 is 9.47 Å². The predicted octanol–water partition coefficient (Wildman–Crippen LogP) is 3.77. The van der Waals surface area contributed by atoms with Crippen molar-refractivity contribution in [1.29, 1.82) is 0 Å². The Bertz CT molecular complexity index is 554. The molecule has 4 nitrogen and oxygen atoms in total. The SMILES string of the molecule is O=C(O)CCC[C@H](COc1ccccc1)Oc1ccccc1. The molecule has 0 bridgehead atoms. The van der Waals surface area contributed by atoms with Crippen LogP contribution in [-0.4, -0.2) is 23.8 Å². The van der Waals surface area contributed by atoms with Crippen molar-refractivity contribution in [2.75, 3.05) is 6.61 Å². The van der Waals surface area contributed by atoms with Gasteiger partial charge in [-0.1, -0.05) is 36.4 Å². The molecule has 0 amide bonds. The molecule has 1 N–H and O–H groups in total. The largest absolute Gasteiger partial charge is 0.490 e. The zero-order valence-corrected chi connectivity index (χ0v) is 12.4. The first-order valence-electron chi connectivity index (χ1n) is 7.35. The number of aliphatic carboxylic acids is 1. The van der Waals surface area contributed by atoms with Crippen LogP contribution >= 0.6 is 0 Å². The highest BCUT2D eigenvalue weighted by molar-refractivity contribution is 5.66. The molecule has 0 aromatic heterocycles. The first kappa shape index (κ1) is 15.9. The first-order valence-corrected chi connectivity index (χ1v) is 7.35. The summed E-state index contributed by atoms with van der Waals surface area (Å²) < 4.78 is 11.6. The van der Waals surface area contributed by atoms with Gasteiger partial charge in [-0.05, 0) is 37.1 Å². The molecule has 0 heterocycles. The molecule has 2 rings (SSSR count). The lowest BCUT2D eigenvalue weighted by Gasteiger charge is -2.19. The molecule has 0 aliphatic rings. The van der Waals surface area contributed by atoms with E-state index < -0.39 is 5.97 Å². The topological polar surface area (TPSA) is 55.8 Å². The highest BCUT2D eigenvalue weighted by atomic mass is 16.5. The van der Waals surface area contributed by atoms with E-state index in [0.717, 1.165) is 11.5 Å². The van der Waals surface area contributed by atoms with Gasteiger partial charge in [0.25, 0.3) is 0 Å². The van der Waals surface area contributed by atoms with Crippen molar-refractivity contribution in [3.63, 3.8) is 0 Å². The average molecular weight is 300 g/mol. The van der Waals surface area contributed by atoms with Crippen LogP contribution in [0.1, 0.15) is 19.3 Å². The number of carboxylic acid groups (broad SMARTS) is 1. The summed E-state index contributed by atoms with van der Waals surface area (Å²) >= 11 is 0. The Balaban J connectivity index is 1.90. The Labute approximate surface area is 130 Å². The fourth-order valence-corrected chi connectivity index (χ4v) is 2.05. The molecule has 0 aliphatic heterocycles. The van der Waals surface area contributed by atoms with Crippen molar-refractivity contribution in [3.8, 4) is 11.5 Å². The van der Waals surface area contributed by atoms with Gasteiger partial charge < -0.3 is 14.6 Å². The van der Waals surface area contributed by atoms with E-state index in [1.807, 2.05) is 60.7 Å². The summed E-state index contributed by atoms with van der Waals surface area (Å²) in [5, 5.41) is 8.75. The van der Waals surface area contributed by atoms with E-state index in [0.29, 0.717) is 19.4 Å². The molecular formula is C18H20O4. The molecule has 0 fully saturated rings. The zero-order valence-electron chi connectivity index (χ0n) is 12.4. The van der Waals surface area contributed by atoms with E-state index in [2.05, 4.69) is 0 Å². The number of benzene rings is 2. The molecule has 4 heteroatoms. The minimum Gasteiger partial charge on any atom is -0.490 e. The lowest BCUT2D eigenvalue weighted by molar-refractivity contribution is -0.137. The molecule has 0 unspecified atom stereocenters. The quantitative estimate of drug-likeness (QED) is 0.766. The molecule has 0 saturated carbocycles. The Morgan fingerprint density at radius 1 is 0.955 bits per heavy atom. The molecule has 22 heavy (non-hydrogen) atoms. The van der Waals surface area contributed by atoms with Crippen LogP contribution in [0.15, 0.2) is 60.7 Å². The van der Waals surface area contributed by atoms with Crippen LogP contribution in [0, 0.1) is 0 Å². The molecule has 116 valence electrons. The number of carboxylic acids is 1. The third kappa shape index (κ3) is 5.87. The van der Waals surface area contributed by atoms with Crippen LogP contribution in [0.25, 0.3) is 0 Å². The van der Waals surface area contributed by atoms with Crippen LogP contribution in [0.5, 0.6) is 11.5 Å². The van der Waals surface area contributed by atoms with E-state index in [-0.39, 0.29) is 12.5 Å². The van der Waals surface area contributed by atoms with Crippen molar-refractivity contribution >= 4 is 5.97 Å². The minimum absolute atomic E-state index is 0.139. The lowest BCUT2D eigenvalue weighted by Crippen LogP contribution is -2.25. The molecule has 2 aromatic carbocycles. The normalized spacial score (nSPS) is 11.6. The Morgan fingerprint density at radius 3 is 2.14 bits per heavy atom. The molecule has 1 atom stereocenters. The van der Waals surface area contributed by atoms with Crippen molar-refractivity contribution in [2.24, 2.45) is 0 Å². The van der Waals surface area contributed by atoms with Crippen molar-refractivity contribution in [1.82, 2.24) is 0 Å². The smallest absolute Gasteiger partial charge is 0.303 e. The van der Waals surface area contributed by atoms with Crippen LogP contribution in [0.4, 0.5) is 0 Å². The zero-order chi connectivity index (χ0) is 15.6. The van der Waals surface area contributed by atoms with Gasteiger partial charge >= 0.3 is 5.97 Å². The maximum Gasteiger partial charge on any atom is 0.303 e. The standard InChI is InChI=1S/C18H20O4/c19-18(20)13-7-12-17(22-16-10-5-2-6-11-16)14-21-15-8-3-1-4-9-15/h1-6,8-11,17H,7,12-14H2,(H,19,20)/t17-/m1/s1. The summed E-state index contributed by atoms with van der Waals surface area (Å²) in [7, 11) is 0. The molecule has 0 radical (unpaired) electrons. The van der Waals surface area contributed by atoms with Gasteiger partial charge in [-0.2, -0.15) is 0 Å². The average Bonchev–Trinajstić information content (AvgIpc) is 2.54. The Kier molecular flexibility index (Phi) is 6.30. The van der Waals surface area contributed by atoms with Gasteiger partial charge in [0.1, 0.15) is 24.2 Å². The fourth-order valence-electron chi connectivity index (χ4n) is 2.05. The van der Waals surface area contributed by atoms with Crippen molar-refractivity contribution in [3.05, 3.63) is 60.7 Å². The molecule has 0 aliphatic carbocycles. The van der Waals surface area contributed by atoms with Gasteiger partial charge in [-0.3, -0.25) is 4.79 Å². The van der Waals surface area contributed by atoms with Crippen LogP contribution in [0.3, 0.4) is 0 Å². The van der Waals surface area contributed by atoms with E-state index in [1.54, 1.807) is 0 Å². The van der Waals surface area contributed by atoms with Gasteiger partial charge in [0.2, 0.25) is 0 Å². The maximum atomic E-state index is 10.6. The van der Waals surface area contributed by atoms with E-state index >= 15 is 0 Å². The minimum atomic E-state index is -0.789. The molecule has 0 saturated heterocycles. The second kappa shape index (κ2) is 8.72. The Morgan fingerprint density at radius 2 is 1.55 bits per heavy atom. The predicted molar refractivity (Wildman–Crippen MR) is 84.3 cm³/mol.